The maximum Gasteiger partial charge on any atom is 0.306 e. The number of aliphatic hydroxyl groups excluding tert-OH is 3. The van der Waals surface area contributed by atoms with Crippen LogP contribution in [0.15, 0.2) is 0 Å². The summed E-state index contributed by atoms with van der Waals surface area (Å²) in [5.74, 6) is 1.16. The predicted octanol–water partition coefficient (Wildman–Crippen LogP) is 4.47. The van der Waals surface area contributed by atoms with Gasteiger partial charge in [0.2, 0.25) is 0 Å². The maximum absolute atomic E-state index is 11.6. The van der Waals surface area contributed by atoms with Crippen molar-refractivity contribution in [3.8, 4) is 0 Å². The van der Waals surface area contributed by atoms with Crippen molar-refractivity contribution < 1.29 is 25.2 Å². The molecule has 4 aliphatic carbocycles. The summed E-state index contributed by atoms with van der Waals surface area (Å²) < 4.78 is 0. The molecule has 4 aliphatic rings. The highest BCUT2D eigenvalue weighted by Crippen LogP contribution is 2.68. The van der Waals surface area contributed by atoms with Crippen molar-refractivity contribution in [3.63, 3.8) is 0 Å². The van der Waals surface area contributed by atoms with Gasteiger partial charge < -0.3 is 20.4 Å². The molecule has 0 heterocycles. The standard InChI is InChI=1S/C27H46O5/c1-15(6-5-7-16(2)25(31)32)19-8-9-20-24-21(14-23(30)27(19,20)4)26(3)11-10-18(28)12-17(26)13-22(24)29/h15-24,28-30H,5-14H2,1-4H3,(H,31,32)/t15-,16?,17+,18-,19-,20+,21+,22?,23+,24+,26+,27-/m1/s1. The van der Waals surface area contributed by atoms with Crippen LogP contribution >= 0.6 is 0 Å². The van der Waals surface area contributed by atoms with E-state index in [1.165, 1.54) is 0 Å². The first-order valence-electron chi connectivity index (χ1n) is 13.3. The van der Waals surface area contributed by atoms with Gasteiger partial charge >= 0.3 is 5.97 Å². The highest BCUT2D eigenvalue weighted by atomic mass is 16.4. The zero-order chi connectivity index (χ0) is 23.4. The average Bonchev–Trinajstić information content (AvgIpc) is 3.08. The van der Waals surface area contributed by atoms with Crippen molar-refractivity contribution in [1.82, 2.24) is 0 Å². The fourth-order valence-electron chi connectivity index (χ4n) is 9.20. The molecule has 184 valence electrons. The van der Waals surface area contributed by atoms with Gasteiger partial charge in [-0.1, -0.05) is 40.5 Å². The Bertz CT molecular complexity index is 696. The van der Waals surface area contributed by atoms with Crippen LogP contribution in [0.25, 0.3) is 0 Å². The molecular formula is C27H46O5. The molecule has 0 amide bonds. The van der Waals surface area contributed by atoms with Crippen molar-refractivity contribution in [2.24, 2.45) is 52.3 Å². The lowest BCUT2D eigenvalue weighted by atomic mass is 9.43. The van der Waals surface area contributed by atoms with Crippen LogP contribution in [-0.4, -0.2) is 44.7 Å². The van der Waals surface area contributed by atoms with Gasteiger partial charge in [-0.15, -0.1) is 0 Å². The number of aliphatic hydroxyl groups is 3. The minimum Gasteiger partial charge on any atom is -0.481 e. The molecule has 4 fully saturated rings. The predicted molar refractivity (Wildman–Crippen MR) is 124 cm³/mol. The number of carboxylic acid groups (broad SMARTS) is 1. The van der Waals surface area contributed by atoms with Gasteiger partial charge in [-0.3, -0.25) is 4.79 Å². The van der Waals surface area contributed by atoms with Crippen LogP contribution in [0.2, 0.25) is 0 Å². The summed E-state index contributed by atoms with van der Waals surface area (Å²) in [5, 5.41) is 42.4. The molecule has 0 spiro atoms. The van der Waals surface area contributed by atoms with Crippen LogP contribution < -0.4 is 0 Å². The van der Waals surface area contributed by atoms with Crippen molar-refractivity contribution in [2.75, 3.05) is 0 Å². The third-order valence-corrected chi connectivity index (χ3v) is 11.2. The van der Waals surface area contributed by atoms with Gasteiger partial charge in [0.05, 0.1) is 24.2 Å². The SMILES string of the molecule is CC(CCC[C@@H](C)[C@H]1CC[C@H]2[C@@H]3C(O)C[C@@H]4C[C@H](O)CC[C@]4(C)[C@H]3C[C@H](O)[C@]12C)C(=O)O. The van der Waals surface area contributed by atoms with Crippen LogP contribution in [0.3, 0.4) is 0 Å². The van der Waals surface area contributed by atoms with Crippen LogP contribution in [0, 0.1) is 52.3 Å². The summed E-state index contributed by atoms with van der Waals surface area (Å²) >= 11 is 0. The highest BCUT2D eigenvalue weighted by molar-refractivity contribution is 5.69. The first kappa shape index (κ1) is 24.5. The van der Waals surface area contributed by atoms with E-state index >= 15 is 0 Å². The number of hydrogen-bond acceptors (Lipinski definition) is 4. The summed E-state index contributed by atoms with van der Waals surface area (Å²) in [6, 6.07) is 0. The van der Waals surface area contributed by atoms with E-state index in [4.69, 9.17) is 0 Å². The minimum atomic E-state index is -0.715. The number of carbonyl (C=O) groups is 1. The van der Waals surface area contributed by atoms with E-state index in [0.29, 0.717) is 36.0 Å². The summed E-state index contributed by atoms with van der Waals surface area (Å²) in [4.78, 5) is 11.2. The monoisotopic (exact) mass is 450 g/mol. The molecule has 0 aromatic heterocycles. The van der Waals surface area contributed by atoms with Gasteiger partial charge in [0.15, 0.2) is 0 Å². The van der Waals surface area contributed by atoms with E-state index in [1.54, 1.807) is 6.92 Å². The molecule has 2 unspecified atom stereocenters. The van der Waals surface area contributed by atoms with Crippen molar-refractivity contribution in [2.45, 2.75) is 110 Å². The Morgan fingerprint density at radius 2 is 1.69 bits per heavy atom. The molecule has 4 saturated carbocycles. The third-order valence-electron chi connectivity index (χ3n) is 11.2. The molecule has 32 heavy (non-hydrogen) atoms. The van der Waals surface area contributed by atoms with Crippen molar-refractivity contribution in [1.29, 1.82) is 0 Å². The molecule has 4 N–H and O–H groups in total. The first-order valence-corrected chi connectivity index (χ1v) is 13.3. The molecule has 5 nitrogen and oxygen atoms in total. The number of rotatable bonds is 6. The van der Waals surface area contributed by atoms with E-state index in [-0.39, 0.29) is 41.0 Å². The highest BCUT2D eigenvalue weighted by Gasteiger charge is 2.65. The number of carboxylic acids is 1. The Morgan fingerprint density at radius 1 is 0.969 bits per heavy atom. The van der Waals surface area contributed by atoms with E-state index in [1.807, 2.05) is 0 Å². The first-order chi connectivity index (χ1) is 15.0. The Kier molecular flexibility index (Phi) is 6.77. The Morgan fingerprint density at radius 3 is 2.38 bits per heavy atom. The molecule has 0 radical (unpaired) electrons. The lowest BCUT2D eigenvalue weighted by Crippen LogP contribution is -2.62. The summed E-state index contributed by atoms with van der Waals surface area (Å²) in [6.07, 6.45) is 8.11. The number of hydrogen-bond donors (Lipinski definition) is 4. The number of fused-ring (bicyclic) bond motifs is 5. The zero-order valence-corrected chi connectivity index (χ0v) is 20.5. The molecule has 5 heteroatoms. The lowest BCUT2D eigenvalue weighted by Gasteiger charge is -2.63. The van der Waals surface area contributed by atoms with Crippen molar-refractivity contribution >= 4 is 5.97 Å². The van der Waals surface area contributed by atoms with E-state index in [9.17, 15) is 25.2 Å². The van der Waals surface area contributed by atoms with Crippen LogP contribution in [0.4, 0.5) is 0 Å². The molecule has 0 aromatic rings. The Hall–Kier alpha value is -0.650. The van der Waals surface area contributed by atoms with Gasteiger partial charge in [-0.2, -0.15) is 0 Å². The molecule has 0 aromatic carbocycles. The molecule has 0 bridgehead atoms. The third kappa shape index (κ3) is 3.84. The minimum absolute atomic E-state index is 0.113. The van der Waals surface area contributed by atoms with Gasteiger partial charge in [-0.05, 0) is 97.7 Å². The average molecular weight is 451 g/mol. The fraction of sp³-hybridized carbons (Fsp3) is 0.963. The normalized spacial score (nSPS) is 50.1. The zero-order valence-electron chi connectivity index (χ0n) is 20.5. The molecule has 12 atom stereocenters. The van der Waals surface area contributed by atoms with E-state index < -0.39 is 5.97 Å². The fourth-order valence-corrected chi connectivity index (χ4v) is 9.20. The lowest BCUT2D eigenvalue weighted by molar-refractivity contribution is -0.207. The van der Waals surface area contributed by atoms with Crippen LogP contribution in [-0.2, 0) is 4.79 Å². The summed E-state index contributed by atoms with van der Waals surface area (Å²) in [7, 11) is 0. The van der Waals surface area contributed by atoms with Crippen molar-refractivity contribution in [3.05, 3.63) is 0 Å². The summed E-state index contributed by atoms with van der Waals surface area (Å²) in [6.45, 7) is 8.74. The number of aliphatic carboxylic acids is 1. The summed E-state index contributed by atoms with van der Waals surface area (Å²) in [5.41, 5.74) is -0.0561. The van der Waals surface area contributed by atoms with Gasteiger partial charge in [-0.25, -0.2) is 0 Å². The smallest absolute Gasteiger partial charge is 0.306 e. The largest absolute Gasteiger partial charge is 0.481 e. The Labute approximate surface area is 194 Å². The van der Waals surface area contributed by atoms with E-state index in [0.717, 1.165) is 57.8 Å². The molecule has 0 saturated heterocycles. The molecule has 4 rings (SSSR count). The second-order valence-electron chi connectivity index (χ2n) is 12.7. The van der Waals surface area contributed by atoms with E-state index in [2.05, 4.69) is 20.8 Å². The van der Waals surface area contributed by atoms with Crippen LogP contribution in [0.1, 0.15) is 91.9 Å². The second kappa shape index (κ2) is 8.85. The second-order valence-corrected chi connectivity index (χ2v) is 12.7. The van der Waals surface area contributed by atoms with Gasteiger partial charge in [0.25, 0.3) is 0 Å². The van der Waals surface area contributed by atoms with Gasteiger partial charge in [0, 0.05) is 0 Å². The molecule has 0 aliphatic heterocycles. The van der Waals surface area contributed by atoms with Crippen LogP contribution in [0.5, 0.6) is 0 Å². The maximum atomic E-state index is 11.6. The molecular weight excluding hydrogens is 404 g/mol. The quantitative estimate of drug-likeness (QED) is 0.478. The Balaban J connectivity index is 1.51. The van der Waals surface area contributed by atoms with Gasteiger partial charge in [0.1, 0.15) is 0 Å². The topological polar surface area (TPSA) is 98.0 Å².